The van der Waals surface area contributed by atoms with Crippen LogP contribution in [-0.4, -0.2) is 34.5 Å². The Hall–Kier alpha value is -2.70. The Morgan fingerprint density at radius 1 is 1.20 bits per heavy atom. The summed E-state index contributed by atoms with van der Waals surface area (Å²) in [4.78, 5) is 35.7. The molecule has 0 saturated heterocycles. The van der Waals surface area contributed by atoms with E-state index in [4.69, 9.17) is 14.9 Å². The maximum absolute atomic E-state index is 11.3. The van der Waals surface area contributed by atoms with Crippen molar-refractivity contribution in [2.75, 3.05) is 0 Å². The fraction of sp³-hybridized carbons (Fsp3) is 0.231. The van der Waals surface area contributed by atoms with Crippen LogP contribution in [0.3, 0.4) is 0 Å². The van der Waals surface area contributed by atoms with E-state index in [2.05, 4.69) is 4.99 Å². The number of carboxylic acids is 2. The van der Waals surface area contributed by atoms with Crippen molar-refractivity contribution in [1.29, 1.82) is 0 Å². The van der Waals surface area contributed by atoms with Gasteiger partial charge in [0.25, 0.3) is 0 Å². The van der Waals surface area contributed by atoms with Crippen LogP contribution in [0.1, 0.15) is 12.0 Å². The molecule has 0 aliphatic carbocycles. The molecular weight excluding hydrogens is 266 g/mol. The zero-order valence-electron chi connectivity index (χ0n) is 10.4. The zero-order valence-corrected chi connectivity index (χ0v) is 10.4. The molecule has 0 bridgehead atoms. The van der Waals surface area contributed by atoms with Crippen LogP contribution >= 0.6 is 0 Å². The van der Waals surface area contributed by atoms with Gasteiger partial charge < -0.3 is 14.9 Å². The molecule has 1 unspecified atom stereocenters. The highest BCUT2D eigenvalue weighted by molar-refractivity contribution is 5.95. The van der Waals surface area contributed by atoms with E-state index < -0.39 is 30.4 Å². The molecule has 0 saturated carbocycles. The number of carbonyl (C=O) groups is 3. The van der Waals surface area contributed by atoms with E-state index in [9.17, 15) is 14.4 Å². The number of rotatable bonds is 6. The van der Waals surface area contributed by atoms with Gasteiger partial charge in [-0.05, 0) is 5.56 Å². The van der Waals surface area contributed by atoms with Crippen LogP contribution < -0.4 is 0 Å². The Morgan fingerprint density at radius 2 is 1.85 bits per heavy atom. The Bertz CT molecular complexity index is 511. The molecule has 2 N–H and O–H groups in total. The van der Waals surface area contributed by atoms with Crippen LogP contribution in [0.25, 0.3) is 0 Å². The first-order valence-corrected chi connectivity index (χ1v) is 5.68. The fourth-order valence-electron chi connectivity index (χ4n) is 1.30. The normalized spacial score (nSPS) is 12.0. The van der Waals surface area contributed by atoms with Gasteiger partial charge >= 0.3 is 18.0 Å². The number of benzene rings is 1. The quantitative estimate of drug-likeness (QED) is 0.764. The van der Waals surface area contributed by atoms with Gasteiger partial charge in [-0.1, -0.05) is 30.3 Å². The van der Waals surface area contributed by atoms with Crippen LogP contribution in [-0.2, 0) is 20.9 Å². The Kier molecular flexibility index (Phi) is 5.89. The summed E-state index contributed by atoms with van der Waals surface area (Å²) in [5.74, 6) is -4.02. The Labute approximate surface area is 114 Å². The molecule has 0 spiro atoms. The van der Waals surface area contributed by atoms with Crippen molar-refractivity contribution >= 4 is 24.2 Å². The van der Waals surface area contributed by atoms with E-state index in [1.54, 1.807) is 24.3 Å². The maximum Gasteiger partial charge on any atom is 0.433 e. The van der Waals surface area contributed by atoms with E-state index in [0.717, 1.165) is 11.8 Å². The first-order valence-electron chi connectivity index (χ1n) is 5.68. The number of amides is 1. The Balaban J connectivity index is 2.49. The van der Waals surface area contributed by atoms with E-state index in [0.29, 0.717) is 0 Å². The molecule has 0 aromatic heterocycles. The predicted molar refractivity (Wildman–Crippen MR) is 68.5 cm³/mol. The SMILES string of the molecule is O=C(O)CC(/C=N\C(=O)OCc1ccccc1)C(=O)O. The third-order valence-corrected chi connectivity index (χ3v) is 2.28. The summed E-state index contributed by atoms with van der Waals surface area (Å²) < 4.78 is 4.79. The number of hydrogen-bond donors (Lipinski definition) is 2. The second kappa shape index (κ2) is 7.67. The molecule has 1 aromatic carbocycles. The summed E-state index contributed by atoms with van der Waals surface area (Å²) in [5, 5.41) is 17.2. The van der Waals surface area contributed by atoms with Crippen LogP contribution in [0.15, 0.2) is 35.3 Å². The minimum absolute atomic E-state index is 0.00762. The van der Waals surface area contributed by atoms with Crippen molar-refractivity contribution in [3.8, 4) is 0 Å². The van der Waals surface area contributed by atoms with Crippen molar-refractivity contribution in [1.82, 2.24) is 0 Å². The predicted octanol–water partition coefficient (Wildman–Crippen LogP) is 1.57. The van der Waals surface area contributed by atoms with Crippen molar-refractivity contribution in [3.63, 3.8) is 0 Å². The van der Waals surface area contributed by atoms with Crippen molar-refractivity contribution in [2.45, 2.75) is 13.0 Å². The standard InChI is InChI=1S/C13H13NO6/c15-11(16)6-10(12(17)18)7-14-13(19)20-8-9-4-2-1-3-5-9/h1-5,7,10H,6,8H2,(H,15,16)(H,17,18)/b14-7-. The third kappa shape index (κ3) is 5.76. The lowest BCUT2D eigenvalue weighted by atomic mass is 10.1. The van der Waals surface area contributed by atoms with Crippen LogP contribution in [0, 0.1) is 5.92 Å². The van der Waals surface area contributed by atoms with Crippen LogP contribution in [0.2, 0.25) is 0 Å². The first kappa shape index (κ1) is 15.4. The van der Waals surface area contributed by atoms with E-state index in [1.807, 2.05) is 6.07 Å². The van der Waals surface area contributed by atoms with Gasteiger partial charge in [0.05, 0.1) is 6.42 Å². The number of aliphatic carboxylic acids is 2. The topological polar surface area (TPSA) is 113 Å². The highest BCUT2D eigenvalue weighted by atomic mass is 16.5. The summed E-state index contributed by atoms with van der Waals surface area (Å²) in [6, 6.07) is 8.87. The third-order valence-electron chi connectivity index (χ3n) is 2.28. The number of hydrogen-bond acceptors (Lipinski definition) is 4. The number of ether oxygens (including phenoxy) is 1. The van der Waals surface area contributed by atoms with Gasteiger partial charge in [0.2, 0.25) is 0 Å². The highest BCUT2D eigenvalue weighted by Crippen LogP contribution is 2.03. The smallest absolute Gasteiger partial charge is 0.433 e. The van der Waals surface area contributed by atoms with E-state index in [-0.39, 0.29) is 6.61 Å². The molecule has 1 rings (SSSR count). The average molecular weight is 279 g/mol. The fourth-order valence-corrected chi connectivity index (χ4v) is 1.30. The lowest BCUT2D eigenvalue weighted by Crippen LogP contribution is -2.19. The number of carbonyl (C=O) groups excluding carboxylic acids is 1. The molecule has 0 aliphatic rings. The number of carboxylic acid groups (broad SMARTS) is 2. The molecule has 1 atom stereocenters. The van der Waals surface area contributed by atoms with Crippen molar-refractivity contribution in [2.24, 2.45) is 10.9 Å². The first-order chi connectivity index (χ1) is 9.49. The molecule has 7 heteroatoms. The summed E-state index contributed by atoms with van der Waals surface area (Å²) in [5.41, 5.74) is 0.761. The molecule has 0 fully saturated rings. The summed E-state index contributed by atoms with van der Waals surface area (Å²) in [6.45, 7) is 0.00762. The van der Waals surface area contributed by atoms with Gasteiger partial charge in [-0.15, -0.1) is 0 Å². The minimum atomic E-state index is -1.37. The van der Waals surface area contributed by atoms with Gasteiger partial charge in [-0.3, -0.25) is 9.59 Å². The zero-order chi connectivity index (χ0) is 15.0. The van der Waals surface area contributed by atoms with E-state index >= 15 is 0 Å². The number of nitrogens with zero attached hydrogens (tertiary/aromatic N) is 1. The van der Waals surface area contributed by atoms with Crippen LogP contribution in [0.4, 0.5) is 4.79 Å². The molecule has 0 radical (unpaired) electrons. The summed E-state index contributed by atoms with van der Waals surface area (Å²) in [7, 11) is 0. The molecule has 1 aromatic rings. The molecule has 0 heterocycles. The van der Waals surface area contributed by atoms with Crippen molar-refractivity contribution < 1.29 is 29.3 Å². The van der Waals surface area contributed by atoms with Gasteiger partial charge in [-0.2, -0.15) is 4.99 Å². The van der Waals surface area contributed by atoms with Gasteiger partial charge in [0.1, 0.15) is 12.5 Å². The molecule has 20 heavy (non-hydrogen) atoms. The highest BCUT2D eigenvalue weighted by Gasteiger charge is 2.19. The Morgan fingerprint density at radius 3 is 2.40 bits per heavy atom. The number of aliphatic imine (C=N–C) groups is 1. The molecule has 0 aliphatic heterocycles. The van der Waals surface area contributed by atoms with E-state index in [1.165, 1.54) is 0 Å². The lowest BCUT2D eigenvalue weighted by Gasteiger charge is -2.03. The molecule has 1 amide bonds. The second-order valence-electron chi connectivity index (χ2n) is 3.86. The second-order valence-corrected chi connectivity index (χ2v) is 3.86. The maximum atomic E-state index is 11.3. The van der Waals surface area contributed by atoms with Gasteiger partial charge in [0, 0.05) is 6.21 Å². The molecular formula is C13H13NO6. The minimum Gasteiger partial charge on any atom is -0.481 e. The monoisotopic (exact) mass is 279 g/mol. The van der Waals surface area contributed by atoms with Gasteiger partial charge in [0.15, 0.2) is 0 Å². The van der Waals surface area contributed by atoms with Crippen molar-refractivity contribution in [3.05, 3.63) is 35.9 Å². The summed E-state index contributed by atoms with van der Waals surface area (Å²) >= 11 is 0. The van der Waals surface area contributed by atoms with Crippen LogP contribution in [0.5, 0.6) is 0 Å². The largest absolute Gasteiger partial charge is 0.481 e. The average Bonchev–Trinajstić information content (AvgIpc) is 2.41. The summed E-state index contributed by atoms with van der Waals surface area (Å²) in [6.07, 6.45) is -0.848. The molecule has 106 valence electrons. The molecule has 7 nitrogen and oxygen atoms in total. The lowest BCUT2D eigenvalue weighted by molar-refractivity contribution is -0.145. The van der Waals surface area contributed by atoms with Gasteiger partial charge in [-0.25, -0.2) is 4.79 Å².